The second-order valence-corrected chi connectivity index (χ2v) is 20.9. The Morgan fingerprint density at radius 1 is 0.271 bits per heavy atom. The van der Waals surface area contributed by atoms with Crippen LogP contribution in [0, 0.1) is 0 Å². The number of para-hydroxylation sites is 2. The van der Waals surface area contributed by atoms with Gasteiger partial charge in [0.25, 0.3) is 0 Å². The van der Waals surface area contributed by atoms with Crippen molar-refractivity contribution in [2.75, 3.05) is 9.80 Å². The minimum absolute atomic E-state index is 0.139. The summed E-state index contributed by atoms with van der Waals surface area (Å²) in [4.78, 5) is 5.06. The van der Waals surface area contributed by atoms with E-state index < -0.39 is 0 Å². The number of hydrogen-bond donors (Lipinski definition) is 0. The zero-order chi connectivity index (χ0) is 46.6. The fourth-order valence-corrected chi connectivity index (χ4v) is 13.1. The van der Waals surface area contributed by atoms with E-state index in [1.807, 2.05) is 0 Å². The summed E-state index contributed by atoms with van der Waals surface area (Å²) >= 11 is 0. The van der Waals surface area contributed by atoms with Crippen LogP contribution in [-0.4, -0.2) is 0 Å². The molecule has 13 aromatic rings. The minimum atomic E-state index is -0.165. The molecule has 0 saturated heterocycles. The van der Waals surface area contributed by atoms with Crippen LogP contribution < -0.4 is 9.80 Å². The number of anilines is 6. The second kappa shape index (κ2) is 14.1. The van der Waals surface area contributed by atoms with E-state index in [-0.39, 0.29) is 10.8 Å². The molecule has 2 nitrogen and oxygen atoms in total. The summed E-state index contributed by atoms with van der Waals surface area (Å²) in [5.74, 6) is 0. The SMILES string of the molecule is CC1(C)c2cccc3ccc4cc(N(c5ccccc5)c5ccc6ccc7c(N(c8cc9c%10c(ccc%11cccc(c%11%10)C9(C)C)c8)c8ccccc8-c8ccccc8)ccc8ccc5c6c87)cc1c4c23. The van der Waals surface area contributed by atoms with Gasteiger partial charge in [0.05, 0.1) is 17.1 Å². The van der Waals surface area contributed by atoms with Crippen molar-refractivity contribution in [1.29, 1.82) is 0 Å². The second-order valence-electron chi connectivity index (χ2n) is 20.9. The Kier molecular flexibility index (Phi) is 7.94. The van der Waals surface area contributed by atoms with Gasteiger partial charge in [0.1, 0.15) is 0 Å². The fourth-order valence-electron chi connectivity index (χ4n) is 13.1. The van der Waals surface area contributed by atoms with Gasteiger partial charge in [-0.25, -0.2) is 0 Å². The molecule has 0 atom stereocenters. The first-order valence-corrected chi connectivity index (χ1v) is 24.8. The van der Waals surface area contributed by atoms with Gasteiger partial charge < -0.3 is 9.80 Å². The largest absolute Gasteiger partial charge is 0.310 e. The summed E-state index contributed by atoms with van der Waals surface area (Å²) in [6.45, 7) is 9.60. The predicted octanol–water partition coefficient (Wildman–Crippen LogP) is 19.1. The molecule has 0 unspecified atom stereocenters. The first-order chi connectivity index (χ1) is 34.2. The first-order valence-electron chi connectivity index (χ1n) is 24.8. The van der Waals surface area contributed by atoms with Crippen LogP contribution in [0.3, 0.4) is 0 Å². The molecule has 0 bridgehead atoms. The molecule has 0 spiro atoms. The summed E-state index contributed by atoms with van der Waals surface area (Å²) in [5, 5.41) is 18.2. The van der Waals surface area contributed by atoms with Gasteiger partial charge in [-0.1, -0.05) is 191 Å². The van der Waals surface area contributed by atoms with E-state index >= 15 is 0 Å². The lowest BCUT2D eigenvalue weighted by molar-refractivity contribution is 0.662. The van der Waals surface area contributed by atoms with E-state index in [9.17, 15) is 0 Å². The van der Waals surface area contributed by atoms with Gasteiger partial charge in [0, 0.05) is 44.2 Å². The molecule has 0 radical (unpaired) electrons. The summed E-state index contributed by atoms with van der Waals surface area (Å²) in [7, 11) is 0. The average Bonchev–Trinajstić information content (AvgIpc) is 3.78. The van der Waals surface area contributed by atoms with E-state index in [0.29, 0.717) is 0 Å². The normalized spacial score (nSPS) is 14.2. The molecule has 0 aromatic heterocycles. The third-order valence-corrected chi connectivity index (χ3v) is 16.4. The van der Waals surface area contributed by atoms with Crippen molar-refractivity contribution in [3.05, 3.63) is 241 Å². The molecule has 0 aliphatic heterocycles. The Bertz CT molecular complexity index is 4350. The third-order valence-electron chi connectivity index (χ3n) is 16.4. The lowest BCUT2D eigenvalue weighted by Gasteiger charge is -2.32. The Morgan fingerprint density at radius 3 is 1.27 bits per heavy atom. The molecule has 0 saturated carbocycles. The van der Waals surface area contributed by atoms with Gasteiger partial charge >= 0.3 is 0 Å². The van der Waals surface area contributed by atoms with Crippen LogP contribution in [0.2, 0.25) is 0 Å². The molecule has 2 aliphatic rings. The van der Waals surface area contributed by atoms with Gasteiger partial charge in [-0.15, -0.1) is 0 Å². The Balaban J connectivity index is 0.988. The minimum Gasteiger partial charge on any atom is -0.310 e. The van der Waals surface area contributed by atoms with E-state index in [4.69, 9.17) is 0 Å². The summed E-state index contributed by atoms with van der Waals surface area (Å²) in [6.07, 6.45) is 0. The molecule has 15 rings (SSSR count). The highest BCUT2D eigenvalue weighted by Gasteiger charge is 2.37. The van der Waals surface area contributed by atoms with Crippen molar-refractivity contribution in [1.82, 2.24) is 0 Å². The lowest BCUT2D eigenvalue weighted by Crippen LogP contribution is -2.17. The summed E-state index contributed by atoms with van der Waals surface area (Å²) < 4.78 is 0. The van der Waals surface area contributed by atoms with Crippen molar-refractivity contribution in [3.63, 3.8) is 0 Å². The molecule has 0 N–H and O–H groups in total. The Labute approximate surface area is 407 Å². The van der Waals surface area contributed by atoms with Gasteiger partial charge in [0.2, 0.25) is 0 Å². The van der Waals surface area contributed by atoms with Gasteiger partial charge in [-0.2, -0.15) is 0 Å². The van der Waals surface area contributed by atoms with Crippen molar-refractivity contribution in [2.45, 2.75) is 38.5 Å². The summed E-state index contributed by atoms with van der Waals surface area (Å²) in [6, 6.07) is 82.4. The zero-order valence-electron chi connectivity index (χ0n) is 39.7. The molecular weight excluding hydrogens is 845 g/mol. The topological polar surface area (TPSA) is 6.48 Å². The van der Waals surface area contributed by atoms with Crippen molar-refractivity contribution in [2.24, 2.45) is 0 Å². The van der Waals surface area contributed by atoms with Gasteiger partial charge in [-0.05, 0) is 147 Å². The monoisotopic (exact) mass is 892 g/mol. The number of benzene rings is 13. The highest BCUT2D eigenvalue weighted by molar-refractivity contribution is 6.29. The van der Waals surface area contributed by atoms with Crippen LogP contribution in [0.4, 0.5) is 34.1 Å². The van der Waals surface area contributed by atoms with Crippen LogP contribution in [0.1, 0.15) is 49.9 Å². The van der Waals surface area contributed by atoms with Gasteiger partial charge in [0.15, 0.2) is 0 Å². The van der Waals surface area contributed by atoms with Crippen LogP contribution in [0.25, 0.3) is 86.5 Å². The zero-order valence-corrected chi connectivity index (χ0v) is 39.7. The maximum atomic E-state index is 2.55. The Morgan fingerprint density at radius 2 is 0.700 bits per heavy atom. The lowest BCUT2D eigenvalue weighted by atomic mass is 9.81. The molecule has 13 aromatic carbocycles. The van der Waals surface area contributed by atoms with Crippen molar-refractivity contribution >= 4 is 110 Å². The van der Waals surface area contributed by atoms with Crippen molar-refractivity contribution in [3.8, 4) is 11.1 Å². The molecular formula is C68H48N2. The van der Waals surface area contributed by atoms with Gasteiger partial charge in [-0.3, -0.25) is 0 Å². The molecule has 0 amide bonds. The van der Waals surface area contributed by atoms with Crippen LogP contribution in [0.15, 0.2) is 218 Å². The number of nitrogens with zero attached hydrogens (tertiary/aromatic N) is 2. The third kappa shape index (κ3) is 5.28. The van der Waals surface area contributed by atoms with Crippen LogP contribution in [-0.2, 0) is 10.8 Å². The molecule has 70 heavy (non-hydrogen) atoms. The number of hydrogen-bond acceptors (Lipinski definition) is 2. The highest BCUT2D eigenvalue weighted by atomic mass is 15.2. The van der Waals surface area contributed by atoms with E-state index in [1.54, 1.807) is 0 Å². The molecule has 2 aliphatic carbocycles. The fraction of sp³-hybridized carbons (Fsp3) is 0.0882. The van der Waals surface area contributed by atoms with Crippen molar-refractivity contribution < 1.29 is 0 Å². The van der Waals surface area contributed by atoms with Crippen LogP contribution >= 0.6 is 0 Å². The van der Waals surface area contributed by atoms with Crippen LogP contribution in [0.5, 0.6) is 0 Å². The van der Waals surface area contributed by atoms with E-state index in [2.05, 4.69) is 256 Å². The first kappa shape index (κ1) is 39.5. The van der Waals surface area contributed by atoms with E-state index in [0.717, 1.165) is 28.4 Å². The highest BCUT2D eigenvalue weighted by Crippen LogP contribution is 2.55. The maximum absolute atomic E-state index is 2.55. The molecule has 330 valence electrons. The maximum Gasteiger partial charge on any atom is 0.0540 e. The molecule has 0 heterocycles. The molecule has 0 fully saturated rings. The predicted molar refractivity (Wildman–Crippen MR) is 299 cm³/mol. The summed E-state index contributed by atoms with van der Waals surface area (Å²) in [5.41, 5.74) is 14.6. The standard InChI is InChI=1S/C68H48N2/c1-67(2)54-22-13-17-42-25-27-46-37-49(39-56(67)65(46)63(42)54)69(48-19-9-6-10-20-48)59-35-31-44-30-34-53-60(36-32-45-29-33-52(59)61(44)62(45)53)70(58-24-12-11-21-51(58)41-15-7-5-8-16-41)50-38-47-28-26-43-18-14-23-55-64(43)66(47)57(40-50)68(55,3)4/h5-40H,1-4H3. The number of rotatable bonds is 7. The quantitative estimate of drug-likeness (QED) is 0.147. The smallest absolute Gasteiger partial charge is 0.0540 e. The average molecular weight is 893 g/mol. The Hall–Kier alpha value is -8.46. The van der Waals surface area contributed by atoms with E-state index in [1.165, 1.54) is 114 Å². The molecule has 2 heteroatoms.